The summed E-state index contributed by atoms with van der Waals surface area (Å²) in [7, 11) is 1.80. The first-order chi connectivity index (χ1) is 14.9. The van der Waals surface area contributed by atoms with Gasteiger partial charge < -0.3 is 20.2 Å². The number of imidazole rings is 1. The largest absolute Gasteiger partial charge is 0.508 e. The van der Waals surface area contributed by atoms with Crippen LogP contribution in [0, 0.1) is 0 Å². The molecule has 32 heavy (non-hydrogen) atoms. The van der Waals surface area contributed by atoms with Crippen LogP contribution in [0.5, 0.6) is 17.2 Å². The Morgan fingerprint density at radius 2 is 1.81 bits per heavy atom. The fraction of sp³-hybridized carbons (Fsp3) is 0.304. The van der Waals surface area contributed by atoms with Gasteiger partial charge in [-0.3, -0.25) is 9.47 Å². The molecular formula is C23H27BrN4O4. The maximum absolute atomic E-state index is 12.9. The molecule has 3 N–H and O–H groups in total. The van der Waals surface area contributed by atoms with Gasteiger partial charge in [0.1, 0.15) is 23.6 Å². The van der Waals surface area contributed by atoms with Crippen LogP contribution in [0.25, 0.3) is 11.3 Å². The van der Waals surface area contributed by atoms with Gasteiger partial charge in [-0.2, -0.15) is 0 Å². The normalized spacial score (nSPS) is 14.7. The van der Waals surface area contributed by atoms with E-state index in [9.17, 15) is 20.1 Å². The monoisotopic (exact) mass is 502 g/mol. The lowest BCUT2D eigenvalue weighted by atomic mass is 10.0. The molecule has 3 aromatic rings. The molecule has 9 heteroatoms. The molecule has 4 rings (SSSR count). The molecule has 1 fully saturated rings. The fourth-order valence-electron chi connectivity index (χ4n) is 4.02. The van der Waals surface area contributed by atoms with Crippen LogP contribution in [0.4, 0.5) is 4.79 Å². The number of phenolic OH excluding ortho intramolecular Hbond substituents is 3. The Morgan fingerprint density at radius 1 is 1.09 bits per heavy atom. The zero-order valence-electron chi connectivity index (χ0n) is 17.8. The molecule has 2 heterocycles. The summed E-state index contributed by atoms with van der Waals surface area (Å²) in [5.74, 6) is 0.148. The second-order valence-electron chi connectivity index (χ2n) is 7.94. The number of phenols is 3. The second kappa shape index (κ2) is 10.1. The summed E-state index contributed by atoms with van der Waals surface area (Å²) in [4.78, 5) is 21.2. The number of nitrogens with zero attached hydrogens (tertiary/aromatic N) is 4. The van der Waals surface area contributed by atoms with E-state index in [1.807, 2.05) is 12.1 Å². The van der Waals surface area contributed by atoms with Gasteiger partial charge in [-0.15, -0.1) is 17.0 Å². The average molecular weight is 503 g/mol. The van der Waals surface area contributed by atoms with Crippen molar-refractivity contribution in [3.8, 4) is 28.5 Å². The van der Waals surface area contributed by atoms with E-state index in [1.165, 1.54) is 23.0 Å². The van der Waals surface area contributed by atoms with Crippen LogP contribution in [0.2, 0.25) is 0 Å². The van der Waals surface area contributed by atoms with Crippen molar-refractivity contribution in [2.24, 2.45) is 0 Å². The molecule has 0 spiro atoms. The Kier molecular flexibility index (Phi) is 7.42. The summed E-state index contributed by atoms with van der Waals surface area (Å²) >= 11 is 0. The van der Waals surface area contributed by atoms with Crippen LogP contribution < -0.4 is 0 Å². The van der Waals surface area contributed by atoms with Crippen molar-refractivity contribution < 1.29 is 20.1 Å². The molecular weight excluding hydrogens is 476 g/mol. The van der Waals surface area contributed by atoms with E-state index in [1.54, 1.807) is 36.3 Å². The molecule has 1 aliphatic rings. The molecule has 170 valence electrons. The summed E-state index contributed by atoms with van der Waals surface area (Å²) in [5.41, 5.74) is 1.98. The van der Waals surface area contributed by atoms with Gasteiger partial charge >= 0.3 is 6.03 Å². The number of hydrogen-bond donors (Lipinski definition) is 3. The fourth-order valence-corrected chi connectivity index (χ4v) is 4.02. The maximum atomic E-state index is 12.9. The third-order valence-corrected chi connectivity index (χ3v) is 5.78. The first kappa shape index (κ1) is 23.6. The van der Waals surface area contributed by atoms with Crippen molar-refractivity contribution in [3.63, 3.8) is 0 Å². The van der Waals surface area contributed by atoms with Gasteiger partial charge in [0.25, 0.3) is 0 Å². The van der Waals surface area contributed by atoms with Crippen LogP contribution in [0.1, 0.15) is 18.4 Å². The lowest BCUT2D eigenvalue weighted by molar-refractivity contribution is 0.132. The molecule has 1 aromatic heterocycles. The van der Waals surface area contributed by atoms with Crippen LogP contribution in [0.3, 0.4) is 0 Å². The molecule has 2 aromatic carbocycles. The predicted molar refractivity (Wildman–Crippen MR) is 126 cm³/mol. The van der Waals surface area contributed by atoms with Gasteiger partial charge in [-0.05, 0) is 42.7 Å². The van der Waals surface area contributed by atoms with E-state index in [0.717, 1.165) is 38.0 Å². The number of hydrogen-bond acceptors (Lipinski definition) is 6. The molecule has 0 radical (unpaired) electrons. The number of aromatic nitrogens is 2. The van der Waals surface area contributed by atoms with E-state index in [0.29, 0.717) is 11.3 Å². The summed E-state index contributed by atoms with van der Waals surface area (Å²) in [6.45, 7) is 2.52. The average Bonchev–Trinajstić information content (AvgIpc) is 3.23. The highest BCUT2D eigenvalue weighted by atomic mass is 79.9. The number of likely N-dealkylation sites (tertiary alicyclic amines) is 1. The quantitative estimate of drug-likeness (QED) is 0.501. The van der Waals surface area contributed by atoms with Crippen LogP contribution >= 0.6 is 17.0 Å². The minimum atomic E-state index is -0.177. The highest BCUT2D eigenvalue weighted by molar-refractivity contribution is 8.93. The molecule has 0 unspecified atom stereocenters. The van der Waals surface area contributed by atoms with Crippen molar-refractivity contribution in [1.82, 2.24) is 19.4 Å². The summed E-state index contributed by atoms with van der Waals surface area (Å²) in [6, 6.07) is 11.5. The maximum Gasteiger partial charge on any atom is 0.329 e. The molecule has 1 amide bonds. The molecule has 0 atom stereocenters. The van der Waals surface area contributed by atoms with Gasteiger partial charge in [0, 0.05) is 50.6 Å². The second-order valence-corrected chi connectivity index (χ2v) is 7.94. The van der Waals surface area contributed by atoms with Gasteiger partial charge in [-0.1, -0.05) is 12.1 Å². The van der Waals surface area contributed by atoms with Crippen molar-refractivity contribution in [1.29, 1.82) is 0 Å². The third kappa shape index (κ3) is 5.23. The van der Waals surface area contributed by atoms with Crippen LogP contribution in [-0.2, 0) is 6.54 Å². The highest BCUT2D eigenvalue weighted by Crippen LogP contribution is 2.31. The molecule has 0 aliphatic carbocycles. The zero-order chi connectivity index (χ0) is 22.0. The van der Waals surface area contributed by atoms with Gasteiger partial charge in [0.05, 0.1) is 5.69 Å². The Balaban J connectivity index is 0.00000289. The van der Waals surface area contributed by atoms with Crippen LogP contribution in [0.15, 0.2) is 55.0 Å². The lowest BCUT2D eigenvalue weighted by Gasteiger charge is -2.36. The Labute approximate surface area is 197 Å². The van der Waals surface area contributed by atoms with E-state index in [4.69, 9.17) is 0 Å². The third-order valence-electron chi connectivity index (χ3n) is 5.78. The smallest absolute Gasteiger partial charge is 0.329 e. The SMILES string of the molecule is Br.CN(C(=O)n1cnc(-c2ccc(O)cc2O)c1)C1CCN(Cc2cccc(O)c2)CC1. The first-order valence-electron chi connectivity index (χ1n) is 10.2. The van der Waals surface area contributed by atoms with Gasteiger partial charge in [-0.25, -0.2) is 9.78 Å². The Bertz CT molecular complexity index is 1080. The topological polar surface area (TPSA) is 102 Å². The van der Waals surface area contributed by atoms with Crippen LogP contribution in [-0.4, -0.2) is 66.9 Å². The number of carbonyl (C=O) groups is 1. The summed E-state index contributed by atoms with van der Waals surface area (Å²) in [6.07, 6.45) is 4.75. The van der Waals surface area contributed by atoms with Gasteiger partial charge in [0.15, 0.2) is 0 Å². The number of piperidine rings is 1. The van der Waals surface area contributed by atoms with E-state index < -0.39 is 0 Å². The zero-order valence-corrected chi connectivity index (χ0v) is 19.5. The highest BCUT2D eigenvalue weighted by Gasteiger charge is 2.26. The van der Waals surface area contributed by atoms with Gasteiger partial charge in [0.2, 0.25) is 0 Å². The first-order valence-corrected chi connectivity index (χ1v) is 10.2. The summed E-state index contributed by atoms with van der Waals surface area (Å²) < 4.78 is 1.42. The van der Waals surface area contributed by atoms with Crippen molar-refractivity contribution in [2.75, 3.05) is 20.1 Å². The number of benzene rings is 2. The van der Waals surface area contributed by atoms with E-state index in [2.05, 4.69) is 9.88 Å². The van der Waals surface area contributed by atoms with E-state index in [-0.39, 0.29) is 46.3 Å². The minimum Gasteiger partial charge on any atom is -0.508 e. The molecule has 0 saturated carbocycles. The molecule has 1 saturated heterocycles. The number of amides is 1. The van der Waals surface area contributed by atoms with Crippen molar-refractivity contribution in [3.05, 3.63) is 60.6 Å². The van der Waals surface area contributed by atoms with E-state index >= 15 is 0 Å². The molecule has 0 bridgehead atoms. The number of aromatic hydroxyl groups is 3. The lowest BCUT2D eigenvalue weighted by Crippen LogP contribution is -2.46. The molecule has 1 aliphatic heterocycles. The number of halogens is 1. The Hall–Kier alpha value is -3.04. The standard InChI is InChI=1S/C23H26N4O4.BrH/c1-25(17-7-9-26(10-8-17)13-16-3-2-4-18(28)11-16)23(31)27-14-21(24-15-27)20-6-5-19(29)12-22(20)30;/h2-6,11-12,14-15,17,28-30H,7-10,13H2,1H3;1H. The Morgan fingerprint density at radius 3 is 2.50 bits per heavy atom. The summed E-state index contributed by atoms with van der Waals surface area (Å²) in [5, 5.41) is 29.1. The van der Waals surface area contributed by atoms with Crippen molar-refractivity contribution >= 4 is 23.0 Å². The minimum absolute atomic E-state index is 0. The van der Waals surface area contributed by atoms with Crippen molar-refractivity contribution in [2.45, 2.75) is 25.4 Å². The number of rotatable bonds is 4. The number of carbonyl (C=O) groups excluding carboxylic acids is 1. The molecule has 8 nitrogen and oxygen atoms in total. The predicted octanol–water partition coefficient (Wildman–Crippen LogP) is 3.81.